The maximum atomic E-state index is 12.9. The van der Waals surface area contributed by atoms with Crippen LogP contribution in [0.2, 0.25) is 0 Å². The Labute approximate surface area is 205 Å². The van der Waals surface area contributed by atoms with Crippen molar-refractivity contribution >= 4 is 5.78 Å². The largest absolute Gasteiger partial charge is 0.491 e. The van der Waals surface area contributed by atoms with Gasteiger partial charge in [0, 0.05) is 17.5 Å². The van der Waals surface area contributed by atoms with Crippen LogP contribution in [0, 0.1) is 6.92 Å². The number of carbonyl (C=O) groups is 1. The molecule has 2 aromatic heterocycles. The van der Waals surface area contributed by atoms with E-state index in [1.807, 2.05) is 38.1 Å². The number of pyridine rings is 2. The van der Waals surface area contributed by atoms with Gasteiger partial charge in [0.25, 0.3) is 5.88 Å². The van der Waals surface area contributed by atoms with E-state index >= 15 is 0 Å². The van der Waals surface area contributed by atoms with E-state index < -0.39 is 11.1 Å². The number of hydrogen-bond acceptors (Lipinski definition) is 8. The van der Waals surface area contributed by atoms with Crippen molar-refractivity contribution in [3.05, 3.63) is 65.0 Å². The second kappa shape index (κ2) is 9.28. The first kappa shape index (κ1) is 24.6. The molecule has 4 rings (SSSR count). The Morgan fingerprint density at radius 3 is 2.54 bits per heavy atom. The molecule has 1 aliphatic rings. The van der Waals surface area contributed by atoms with Gasteiger partial charge in [0.1, 0.15) is 23.6 Å². The predicted octanol–water partition coefficient (Wildman–Crippen LogP) is 3.91. The molecule has 8 heteroatoms. The van der Waals surface area contributed by atoms with Crippen LogP contribution in [0.5, 0.6) is 17.4 Å². The van der Waals surface area contributed by atoms with Crippen LogP contribution in [0.15, 0.2) is 42.5 Å². The Hall–Kier alpha value is -3.49. The normalized spacial score (nSPS) is 18.4. The predicted molar refractivity (Wildman–Crippen MR) is 132 cm³/mol. The molecule has 0 fully saturated rings. The van der Waals surface area contributed by atoms with E-state index in [4.69, 9.17) is 24.9 Å². The third kappa shape index (κ3) is 4.85. The molecule has 1 aromatic carbocycles. The molecule has 0 saturated heterocycles. The van der Waals surface area contributed by atoms with Gasteiger partial charge in [-0.2, -0.15) is 0 Å². The molecular weight excluding hydrogens is 446 g/mol. The summed E-state index contributed by atoms with van der Waals surface area (Å²) in [4.78, 5) is 21.9. The smallest absolute Gasteiger partial charge is 0.257 e. The highest BCUT2D eigenvalue weighted by Gasteiger charge is 2.38. The van der Waals surface area contributed by atoms with Gasteiger partial charge in [-0.25, -0.2) is 9.97 Å². The quantitative estimate of drug-likeness (QED) is 0.469. The molecule has 3 heterocycles. The fourth-order valence-corrected chi connectivity index (χ4v) is 4.08. The lowest BCUT2D eigenvalue weighted by Gasteiger charge is -2.25. The van der Waals surface area contributed by atoms with Gasteiger partial charge in [-0.3, -0.25) is 4.79 Å². The van der Waals surface area contributed by atoms with Gasteiger partial charge < -0.3 is 25.1 Å². The fraction of sp³-hybridized carbons (Fsp3) is 0.370. The number of benzene rings is 1. The van der Waals surface area contributed by atoms with Gasteiger partial charge in [0.15, 0.2) is 17.3 Å². The Balaban J connectivity index is 1.64. The summed E-state index contributed by atoms with van der Waals surface area (Å²) in [6.07, 6.45) is 0.202. The van der Waals surface area contributed by atoms with Crippen LogP contribution in [0.4, 0.5) is 0 Å². The Morgan fingerprint density at radius 2 is 1.89 bits per heavy atom. The van der Waals surface area contributed by atoms with Crippen molar-refractivity contribution in [1.29, 1.82) is 0 Å². The Morgan fingerprint density at radius 1 is 1.17 bits per heavy atom. The summed E-state index contributed by atoms with van der Waals surface area (Å²) < 4.78 is 16.3. The second-order valence-electron chi connectivity index (χ2n) is 9.41. The standard InChI is InChI=1S/C27H31N3O5/c1-16-6-8-17(9-7-16)23-24-18(26(2,28)15-35-24)14-22(30-23)27(3,32)13-12-20(31)19-10-11-21(33-4)25(29-19)34-5/h6-11,14,32H,12-13,15,28H2,1-5H3. The molecule has 0 amide bonds. The summed E-state index contributed by atoms with van der Waals surface area (Å²) in [5, 5.41) is 11.4. The molecule has 35 heavy (non-hydrogen) atoms. The van der Waals surface area contributed by atoms with Crippen molar-refractivity contribution in [3.63, 3.8) is 0 Å². The average Bonchev–Trinajstić information content (AvgIpc) is 3.16. The van der Waals surface area contributed by atoms with Crippen molar-refractivity contribution in [2.75, 3.05) is 20.8 Å². The van der Waals surface area contributed by atoms with Crippen LogP contribution >= 0.6 is 0 Å². The summed E-state index contributed by atoms with van der Waals surface area (Å²) in [7, 11) is 2.97. The van der Waals surface area contributed by atoms with Gasteiger partial charge >= 0.3 is 0 Å². The van der Waals surface area contributed by atoms with E-state index in [-0.39, 0.29) is 30.2 Å². The van der Waals surface area contributed by atoms with E-state index in [9.17, 15) is 9.90 Å². The van der Waals surface area contributed by atoms with Crippen LogP contribution in [0.1, 0.15) is 54.0 Å². The number of rotatable bonds is 8. The van der Waals surface area contributed by atoms with Crippen LogP contribution in [-0.2, 0) is 11.1 Å². The maximum Gasteiger partial charge on any atom is 0.257 e. The first-order valence-corrected chi connectivity index (χ1v) is 11.4. The number of aryl methyl sites for hydroxylation is 1. The molecule has 2 unspecified atom stereocenters. The average molecular weight is 478 g/mol. The third-order valence-corrected chi connectivity index (χ3v) is 6.34. The minimum Gasteiger partial charge on any atom is -0.491 e. The van der Waals surface area contributed by atoms with E-state index in [0.717, 1.165) is 16.7 Å². The molecule has 8 nitrogen and oxygen atoms in total. The zero-order valence-electron chi connectivity index (χ0n) is 20.7. The third-order valence-electron chi connectivity index (χ3n) is 6.34. The van der Waals surface area contributed by atoms with Crippen molar-refractivity contribution < 1.29 is 24.1 Å². The molecule has 3 aromatic rings. The summed E-state index contributed by atoms with van der Waals surface area (Å²) in [5.74, 6) is 1.08. The van der Waals surface area contributed by atoms with Crippen molar-refractivity contribution in [2.24, 2.45) is 5.73 Å². The monoisotopic (exact) mass is 477 g/mol. The van der Waals surface area contributed by atoms with Gasteiger partial charge in [-0.1, -0.05) is 29.8 Å². The zero-order valence-corrected chi connectivity index (χ0v) is 20.7. The zero-order chi connectivity index (χ0) is 25.4. The number of aliphatic hydroxyl groups is 1. The molecule has 2 atom stereocenters. The molecule has 0 aliphatic carbocycles. The fourth-order valence-electron chi connectivity index (χ4n) is 4.08. The number of methoxy groups -OCH3 is 2. The number of ether oxygens (including phenoxy) is 3. The molecule has 0 saturated carbocycles. The minimum absolute atomic E-state index is 0.0600. The van der Waals surface area contributed by atoms with E-state index in [1.165, 1.54) is 14.2 Å². The molecule has 0 radical (unpaired) electrons. The van der Waals surface area contributed by atoms with Gasteiger partial charge in [-0.15, -0.1) is 0 Å². The lowest BCUT2D eigenvalue weighted by Crippen LogP contribution is -2.35. The maximum absolute atomic E-state index is 12.9. The molecule has 184 valence electrons. The number of fused-ring (bicyclic) bond motifs is 1. The number of hydrogen-bond donors (Lipinski definition) is 2. The number of Topliss-reactive ketones (excluding diaryl/α,β-unsaturated/α-hetero) is 1. The minimum atomic E-state index is -1.39. The topological polar surface area (TPSA) is 117 Å². The van der Waals surface area contributed by atoms with Crippen molar-refractivity contribution in [3.8, 4) is 28.6 Å². The summed E-state index contributed by atoms with van der Waals surface area (Å²) >= 11 is 0. The van der Waals surface area contributed by atoms with E-state index in [0.29, 0.717) is 29.5 Å². The van der Waals surface area contributed by atoms with E-state index in [2.05, 4.69) is 4.98 Å². The van der Waals surface area contributed by atoms with E-state index in [1.54, 1.807) is 25.1 Å². The Kier molecular flexibility index (Phi) is 6.53. The van der Waals surface area contributed by atoms with Crippen molar-refractivity contribution in [2.45, 2.75) is 44.8 Å². The first-order chi connectivity index (χ1) is 16.6. The lowest BCUT2D eigenvalue weighted by molar-refractivity contribution is 0.0396. The highest BCUT2D eigenvalue weighted by Crippen LogP contribution is 2.44. The summed E-state index contributed by atoms with van der Waals surface area (Å²) in [5.41, 5.74) is 8.47. The molecule has 0 bridgehead atoms. The summed E-state index contributed by atoms with van der Waals surface area (Å²) in [6.45, 7) is 5.88. The number of nitrogens with zero attached hydrogens (tertiary/aromatic N) is 2. The van der Waals surface area contributed by atoms with Gasteiger partial charge in [-0.05, 0) is 45.4 Å². The highest BCUT2D eigenvalue weighted by atomic mass is 16.5. The molecule has 0 spiro atoms. The Bertz CT molecular complexity index is 1250. The second-order valence-corrected chi connectivity index (χ2v) is 9.41. The number of carbonyl (C=O) groups excluding carboxylic acids is 1. The SMILES string of the molecule is COc1ccc(C(=O)CCC(C)(O)c2cc3c(c(-c4ccc(C)cc4)n2)OCC3(C)N)nc1OC. The van der Waals surface area contributed by atoms with Crippen LogP contribution < -0.4 is 19.9 Å². The number of nitrogens with two attached hydrogens (primary N) is 1. The van der Waals surface area contributed by atoms with Crippen LogP contribution in [-0.4, -0.2) is 41.7 Å². The molecular formula is C27H31N3O5. The number of aromatic nitrogens is 2. The molecule has 3 N–H and O–H groups in total. The first-order valence-electron chi connectivity index (χ1n) is 11.4. The lowest BCUT2D eigenvalue weighted by atomic mass is 9.88. The van der Waals surface area contributed by atoms with Crippen molar-refractivity contribution in [1.82, 2.24) is 9.97 Å². The van der Waals surface area contributed by atoms with Gasteiger partial charge in [0.05, 0.1) is 25.5 Å². The molecule has 1 aliphatic heterocycles. The number of ketones is 1. The van der Waals surface area contributed by atoms with Crippen LogP contribution in [0.25, 0.3) is 11.3 Å². The summed E-state index contributed by atoms with van der Waals surface area (Å²) in [6, 6.07) is 12.9. The van der Waals surface area contributed by atoms with Crippen LogP contribution in [0.3, 0.4) is 0 Å². The van der Waals surface area contributed by atoms with Gasteiger partial charge in [0.2, 0.25) is 0 Å². The highest BCUT2D eigenvalue weighted by molar-refractivity contribution is 5.94.